The molecule has 26 heavy (non-hydrogen) atoms. The summed E-state index contributed by atoms with van der Waals surface area (Å²) in [7, 11) is 0. The van der Waals surface area contributed by atoms with Gasteiger partial charge in [-0.2, -0.15) is 5.10 Å². The van der Waals surface area contributed by atoms with Gasteiger partial charge in [0.25, 0.3) is 5.91 Å². The Morgan fingerprint density at radius 1 is 1.04 bits per heavy atom. The summed E-state index contributed by atoms with van der Waals surface area (Å²) in [6.07, 6.45) is 1.52. The Morgan fingerprint density at radius 3 is 2.42 bits per heavy atom. The van der Waals surface area contributed by atoms with Crippen LogP contribution in [0.25, 0.3) is 0 Å². The summed E-state index contributed by atoms with van der Waals surface area (Å²) in [5.41, 5.74) is 4.88. The molecule has 2 aromatic carbocycles. The van der Waals surface area contributed by atoms with Gasteiger partial charge in [0.2, 0.25) is 0 Å². The lowest BCUT2D eigenvalue weighted by atomic mass is 10.1. The van der Waals surface area contributed by atoms with Crippen LogP contribution in [0.3, 0.4) is 0 Å². The Kier molecular flexibility index (Phi) is 5.56. The van der Waals surface area contributed by atoms with E-state index in [1.807, 2.05) is 24.4 Å². The van der Waals surface area contributed by atoms with Gasteiger partial charge in [0, 0.05) is 5.56 Å². The van der Waals surface area contributed by atoms with Gasteiger partial charge in [0.1, 0.15) is 10.6 Å². The molecule has 3 aromatic rings. The third-order valence-electron chi connectivity index (χ3n) is 3.51. The number of hydrazone groups is 1. The van der Waals surface area contributed by atoms with Crippen molar-refractivity contribution in [3.8, 4) is 5.75 Å². The largest absolute Gasteiger partial charge is 0.422 e. The number of nitrogens with one attached hydrogen (secondary N) is 1. The predicted molar refractivity (Wildman–Crippen MR) is 102 cm³/mol. The first-order valence-electron chi connectivity index (χ1n) is 7.87. The fraction of sp³-hybridized carbons (Fsp3) is 0.0500. The molecule has 0 saturated heterocycles. The van der Waals surface area contributed by atoms with Crippen molar-refractivity contribution in [3.63, 3.8) is 0 Å². The van der Waals surface area contributed by atoms with Crippen LogP contribution in [0.1, 0.15) is 31.2 Å². The summed E-state index contributed by atoms with van der Waals surface area (Å²) in [5, 5.41) is 5.76. The van der Waals surface area contributed by atoms with Gasteiger partial charge in [-0.3, -0.25) is 4.79 Å². The minimum Gasteiger partial charge on any atom is -0.422 e. The van der Waals surface area contributed by atoms with E-state index in [0.29, 0.717) is 16.2 Å². The molecule has 130 valence electrons. The molecule has 0 aliphatic carbocycles. The highest BCUT2D eigenvalue weighted by atomic mass is 32.1. The lowest BCUT2D eigenvalue weighted by Gasteiger charge is -2.03. The Labute approximate surface area is 154 Å². The zero-order valence-electron chi connectivity index (χ0n) is 14.0. The second-order valence-electron chi connectivity index (χ2n) is 5.50. The Bertz CT molecular complexity index is 915. The summed E-state index contributed by atoms with van der Waals surface area (Å²) < 4.78 is 5.28. The molecule has 1 aromatic heterocycles. The quantitative estimate of drug-likeness (QED) is 0.322. The van der Waals surface area contributed by atoms with Crippen molar-refractivity contribution in [1.29, 1.82) is 0 Å². The number of esters is 1. The van der Waals surface area contributed by atoms with Gasteiger partial charge >= 0.3 is 5.97 Å². The molecule has 3 rings (SSSR count). The summed E-state index contributed by atoms with van der Waals surface area (Å²) in [6, 6.07) is 17.6. The maximum atomic E-state index is 12.0. The minimum absolute atomic E-state index is 0.275. The molecule has 0 aliphatic heterocycles. The molecule has 0 aliphatic rings. The van der Waals surface area contributed by atoms with Crippen molar-refractivity contribution in [2.75, 3.05) is 0 Å². The van der Waals surface area contributed by atoms with Gasteiger partial charge in [-0.25, -0.2) is 10.2 Å². The molecule has 0 unspecified atom stereocenters. The van der Waals surface area contributed by atoms with Crippen LogP contribution >= 0.6 is 11.3 Å². The molecule has 0 saturated carbocycles. The predicted octanol–water partition coefficient (Wildman–Crippen LogP) is 4.04. The number of nitrogens with zero attached hydrogens (tertiary/aromatic N) is 1. The highest BCUT2D eigenvalue weighted by molar-refractivity contribution is 7.12. The monoisotopic (exact) mass is 364 g/mol. The SMILES string of the molecule is Cc1ccc(C(=O)N/N=C/c2ccc(OC(=O)c3cccs3)cc2)cc1. The molecule has 5 nitrogen and oxygen atoms in total. The van der Waals surface area contributed by atoms with E-state index >= 15 is 0 Å². The number of thiophene rings is 1. The molecule has 0 atom stereocenters. The number of benzene rings is 2. The van der Waals surface area contributed by atoms with E-state index in [2.05, 4.69) is 10.5 Å². The molecular weight excluding hydrogens is 348 g/mol. The minimum atomic E-state index is -0.383. The van der Waals surface area contributed by atoms with Crippen molar-refractivity contribution >= 4 is 29.4 Å². The third-order valence-corrected chi connectivity index (χ3v) is 4.36. The fourth-order valence-electron chi connectivity index (χ4n) is 2.11. The Hall–Kier alpha value is -3.25. The summed E-state index contributed by atoms with van der Waals surface area (Å²) in [4.78, 5) is 24.4. The van der Waals surface area contributed by atoms with Crippen molar-refractivity contribution in [2.24, 2.45) is 5.10 Å². The number of hydrogen-bond acceptors (Lipinski definition) is 5. The number of rotatable bonds is 5. The molecule has 1 heterocycles. The average molecular weight is 364 g/mol. The van der Waals surface area contributed by atoms with Crippen LogP contribution in [0.4, 0.5) is 0 Å². The topological polar surface area (TPSA) is 67.8 Å². The van der Waals surface area contributed by atoms with Crippen molar-refractivity contribution in [2.45, 2.75) is 6.92 Å². The lowest BCUT2D eigenvalue weighted by molar-refractivity contribution is 0.0739. The molecule has 0 fully saturated rings. The first kappa shape index (κ1) is 17.6. The normalized spacial score (nSPS) is 10.7. The van der Waals surface area contributed by atoms with Crippen LogP contribution in [0, 0.1) is 6.92 Å². The first-order chi connectivity index (χ1) is 12.6. The van der Waals surface area contributed by atoms with E-state index in [0.717, 1.165) is 11.1 Å². The van der Waals surface area contributed by atoms with Crippen LogP contribution in [-0.4, -0.2) is 18.1 Å². The van der Waals surface area contributed by atoms with Gasteiger partial charge < -0.3 is 4.74 Å². The third kappa shape index (κ3) is 4.64. The van der Waals surface area contributed by atoms with E-state index in [1.54, 1.807) is 48.5 Å². The number of aryl methyl sites for hydroxylation is 1. The standard InChI is InChI=1S/C20H16N2O3S/c1-14-4-8-16(9-5-14)19(23)22-21-13-15-6-10-17(11-7-15)25-20(24)18-3-2-12-26-18/h2-13H,1H3,(H,22,23)/b21-13+. The Morgan fingerprint density at radius 2 is 1.77 bits per heavy atom. The molecular formula is C20H16N2O3S. The van der Waals surface area contributed by atoms with E-state index in [4.69, 9.17) is 4.74 Å². The van der Waals surface area contributed by atoms with Crippen molar-refractivity contribution in [3.05, 3.63) is 87.6 Å². The number of carbonyl (C=O) groups excluding carboxylic acids is 2. The van der Waals surface area contributed by atoms with Gasteiger partial charge in [-0.15, -0.1) is 11.3 Å². The van der Waals surface area contributed by atoms with E-state index < -0.39 is 0 Å². The van der Waals surface area contributed by atoms with E-state index in [9.17, 15) is 9.59 Å². The van der Waals surface area contributed by atoms with Crippen LogP contribution < -0.4 is 10.2 Å². The van der Waals surface area contributed by atoms with Gasteiger partial charge in [-0.05, 0) is 60.3 Å². The number of carbonyl (C=O) groups is 2. The van der Waals surface area contributed by atoms with E-state index in [-0.39, 0.29) is 11.9 Å². The highest BCUT2D eigenvalue weighted by Crippen LogP contribution is 2.16. The zero-order valence-corrected chi connectivity index (χ0v) is 14.8. The average Bonchev–Trinajstić information content (AvgIpc) is 3.18. The molecule has 0 radical (unpaired) electrons. The maximum absolute atomic E-state index is 12.0. The second kappa shape index (κ2) is 8.22. The van der Waals surface area contributed by atoms with E-state index in [1.165, 1.54) is 17.6 Å². The lowest BCUT2D eigenvalue weighted by Crippen LogP contribution is -2.17. The number of ether oxygens (including phenoxy) is 1. The number of hydrogen-bond donors (Lipinski definition) is 1. The summed E-state index contributed by atoms with van der Waals surface area (Å²) in [6.45, 7) is 1.96. The number of amides is 1. The fourth-order valence-corrected chi connectivity index (χ4v) is 2.71. The maximum Gasteiger partial charge on any atom is 0.353 e. The van der Waals surface area contributed by atoms with Crippen LogP contribution in [0.15, 0.2) is 71.1 Å². The molecule has 0 bridgehead atoms. The Balaban J connectivity index is 1.55. The molecule has 1 N–H and O–H groups in total. The van der Waals surface area contributed by atoms with Gasteiger partial charge in [0.05, 0.1) is 6.21 Å². The smallest absolute Gasteiger partial charge is 0.353 e. The second-order valence-corrected chi connectivity index (χ2v) is 6.45. The molecule has 1 amide bonds. The van der Waals surface area contributed by atoms with Crippen molar-refractivity contribution < 1.29 is 14.3 Å². The highest BCUT2D eigenvalue weighted by Gasteiger charge is 2.09. The van der Waals surface area contributed by atoms with Crippen LogP contribution in [-0.2, 0) is 0 Å². The van der Waals surface area contributed by atoms with Gasteiger partial charge in [0.15, 0.2) is 0 Å². The van der Waals surface area contributed by atoms with Crippen LogP contribution in [0.2, 0.25) is 0 Å². The first-order valence-corrected chi connectivity index (χ1v) is 8.75. The summed E-state index contributed by atoms with van der Waals surface area (Å²) >= 11 is 1.33. The molecule has 0 spiro atoms. The van der Waals surface area contributed by atoms with Crippen molar-refractivity contribution in [1.82, 2.24) is 5.43 Å². The summed E-state index contributed by atoms with van der Waals surface area (Å²) in [5.74, 6) is -0.209. The molecule has 6 heteroatoms. The van der Waals surface area contributed by atoms with Crippen LogP contribution in [0.5, 0.6) is 5.75 Å². The van der Waals surface area contributed by atoms with Gasteiger partial charge in [-0.1, -0.05) is 23.8 Å². The zero-order chi connectivity index (χ0) is 18.4.